The number of carbonyl (C=O) groups excluding carboxylic acids is 1. The molecule has 3 rings (SSSR count). The van der Waals surface area contributed by atoms with E-state index in [2.05, 4.69) is 13.8 Å². The van der Waals surface area contributed by atoms with E-state index < -0.39 is 5.97 Å². The largest absolute Gasteiger partial charge is 0.456 e. The summed E-state index contributed by atoms with van der Waals surface area (Å²) in [5, 5.41) is 0. The Kier molecular flexibility index (Phi) is 2.50. The lowest BCUT2D eigenvalue weighted by molar-refractivity contribution is -0.150. The zero-order chi connectivity index (χ0) is 11.1. The predicted octanol–water partition coefficient (Wildman–Crippen LogP) is 2.24. The average Bonchev–Trinajstić information content (AvgIpc) is 2.25. The van der Waals surface area contributed by atoms with Gasteiger partial charge in [0.15, 0.2) is 0 Å². The Hall–Kier alpha value is -0.970. The number of hydrogen-bond donors (Lipinski definition) is 0. The summed E-state index contributed by atoms with van der Waals surface area (Å²) in [5.74, 6) is 3.62. The Bertz CT molecular complexity index is 309. The molecule has 0 unspecified atom stereocenters. The Morgan fingerprint density at radius 1 is 1.53 bits per heavy atom. The highest BCUT2D eigenvalue weighted by atomic mass is 16.5. The van der Waals surface area contributed by atoms with Crippen molar-refractivity contribution in [3.05, 3.63) is 0 Å². The van der Waals surface area contributed by atoms with Crippen LogP contribution in [0.1, 0.15) is 33.1 Å². The van der Waals surface area contributed by atoms with Gasteiger partial charge in [0.2, 0.25) is 0 Å². The highest BCUT2D eigenvalue weighted by Gasteiger charge is 2.54. The van der Waals surface area contributed by atoms with Gasteiger partial charge in [0.1, 0.15) is 0 Å². The summed E-state index contributed by atoms with van der Waals surface area (Å²) in [6.45, 7) is 5.19. The molecule has 82 valence electrons. The van der Waals surface area contributed by atoms with Gasteiger partial charge >= 0.3 is 5.97 Å². The van der Waals surface area contributed by atoms with Gasteiger partial charge in [0.25, 0.3) is 0 Å². The molecule has 0 saturated heterocycles. The minimum Gasteiger partial charge on any atom is -0.456 e. The van der Waals surface area contributed by atoms with E-state index in [-0.39, 0.29) is 0 Å². The Morgan fingerprint density at radius 2 is 2.27 bits per heavy atom. The van der Waals surface area contributed by atoms with Gasteiger partial charge in [-0.25, -0.2) is 4.79 Å². The molecule has 2 nitrogen and oxygen atoms in total. The number of carbonyl (C=O) groups is 1. The second-order valence-corrected chi connectivity index (χ2v) is 5.44. The van der Waals surface area contributed by atoms with E-state index in [1.807, 2.05) is 5.92 Å². The molecule has 0 N–H and O–H groups in total. The van der Waals surface area contributed by atoms with Crippen LogP contribution in [0.2, 0.25) is 0 Å². The molecule has 0 aromatic rings. The van der Waals surface area contributed by atoms with Crippen LogP contribution in [0.25, 0.3) is 0 Å². The summed E-state index contributed by atoms with van der Waals surface area (Å²) < 4.78 is 5.04. The maximum atomic E-state index is 10.9. The van der Waals surface area contributed by atoms with Crippen molar-refractivity contribution < 1.29 is 9.53 Å². The smallest absolute Gasteiger partial charge is 0.384 e. The molecular weight excluding hydrogens is 188 g/mol. The van der Waals surface area contributed by atoms with Crippen LogP contribution in [0.5, 0.6) is 0 Å². The Labute approximate surface area is 91.4 Å². The zero-order valence-electron chi connectivity index (χ0n) is 9.45. The number of hydrogen-bond acceptors (Lipinski definition) is 2. The summed E-state index contributed by atoms with van der Waals surface area (Å²) >= 11 is 0. The Balaban J connectivity index is 1.89. The minimum atomic E-state index is -0.519. The number of rotatable bonds is 2. The van der Waals surface area contributed by atoms with E-state index in [9.17, 15) is 4.79 Å². The first-order valence-electron chi connectivity index (χ1n) is 5.69. The Morgan fingerprint density at radius 3 is 2.80 bits per heavy atom. The van der Waals surface area contributed by atoms with Crippen LogP contribution in [-0.2, 0) is 9.53 Å². The zero-order valence-corrected chi connectivity index (χ0v) is 9.45. The third kappa shape index (κ3) is 1.65. The summed E-state index contributed by atoms with van der Waals surface area (Å²) in [7, 11) is 0. The first kappa shape index (κ1) is 10.5. The second-order valence-electron chi connectivity index (χ2n) is 5.44. The SMILES string of the molecule is C#CC(=O)OC[C@H]1CC[C@@H]2C[C@H]1C2(C)C. The molecule has 15 heavy (non-hydrogen) atoms. The van der Waals surface area contributed by atoms with Crippen LogP contribution < -0.4 is 0 Å². The third-order valence-electron chi connectivity index (χ3n) is 4.55. The fraction of sp³-hybridized carbons (Fsp3) is 0.769. The monoisotopic (exact) mass is 206 g/mol. The van der Waals surface area contributed by atoms with Crippen LogP contribution in [-0.4, -0.2) is 12.6 Å². The lowest BCUT2D eigenvalue weighted by atomic mass is 9.46. The van der Waals surface area contributed by atoms with Crippen LogP contribution in [0.3, 0.4) is 0 Å². The van der Waals surface area contributed by atoms with Gasteiger partial charge in [-0.05, 0) is 42.4 Å². The van der Waals surface area contributed by atoms with Gasteiger partial charge in [0, 0.05) is 5.92 Å². The van der Waals surface area contributed by atoms with Gasteiger partial charge in [-0.3, -0.25) is 0 Å². The molecule has 0 aromatic carbocycles. The lowest BCUT2D eigenvalue weighted by Crippen LogP contribution is -2.53. The van der Waals surface area contributed by atoms with E-state index >= 15 is 0 Å². The molecule has 0 radical (unpaired) electrons. The highest BCUT2D eigenvalue weighted by Crippen LogP contribution is 2.61. The first-order chi connectivity index (χ1) is 7.05. The van der Waals surface area contributed by atoms with Gasteiger partial charge in [-0.1, -0.05) is 13.8 Å². The van der Waals surface area contributed by atoms with Gasteiger partial charge in [-0.2, -0.15) is 0 Å². The maximum absolute atomic E-state index is 10.9. The molecule has 0 heterocycles. The average molecular weight is 206 g/mol. The topological polar surface area (TPSA) is 26.3 Å². The van der Waals surface area contributed by atoms with E-state index in [1.165, 1.54) is 19.3 Å². The van der Waals surface area contributed by atoms with Crippen molar-refractivity contribution in [2.24, 2.45) is 23.2 Å². The summed E-state index contributed by atoms with van der Waals surface area (Å²) in [6.07, 6.45) is 8.74. The van der Waals surface area contributed by atoms with Crippen LogP contribution in [0, 0.1) is 35.5 Å². The molecule has 2 heteroatoms. The molecule has 3 aliphatic carbocycles. The third-order valence-corrected chi connectivity index (χ3v) is 4.55. The molecule has 2 bridgehead atoms. The summed E-state index contributed by atoms with van der Waals surface area (Å²) in [4.78, 5) is 10.9. The highest BCUT2D eigenvalue weighted by molar-refractivity contribution is 5.87. The molecule has 0 spiro atoms. The van der Waals surface area contributed by atoms with Gasteiger partial charge < -0.3 is 4.74 Å². The van der Waals surface area contributed by atoms with Crippen LogP contribution in [0.15, 0.2) is 0 Å². The van der Waals surface area contributed by atoms with E-state index in [1.54, 1.807) is 0 Å². The molecular formula is C13H18O2. The normalized spacial score (nSPS) is 36.2. The number of esters is 1. The van der Waals surface area contributed by atoms with E-state index in [0.717, 1.165) is 11.8 Å². The molecule has 3 saturated carbocycles. The number of terminal acetylenes is 1. The molecule has 0 amide bonds. The van der Waals surface area contributed by atoms with Crippen molar-refractivity contribution in [1.82, 2.24) is 0 Å². The molecule has 0 aliphatic heterocycles. The fourth-order valence-corrected chi connectivity index (χ4v) is 3.39. The number of fused-ring (bicyclic) bond motifs is 2. The second kappa shape index (κ2) is 3.56. The minimum absolute atomic E-state index is 0.450. The van der Waals surface area contributed by atoms with Crippen molar-refractivity contribution >= 4 is 5.97 Å². The maximum Gasteiger partial charge on any atom is 0.384 e. The predicted molar refractivity (Wildman–Crippen MR) is 57.9 cm³/mol. The molecule has 3 aliphatic rings. The van der Waals surface area contributed by atoms with Crippen LogP contribution in [0.4, 0.5) is 0 Å². The van der Waals surface area contributed by atoms with Gasteiger partial charge in [-0.15, -0.1) is 6.42 Å². The fourth-order valence-electron chi connectivity index (χ4n) is 3.39. The van der Waals surface area contributed by atoms with Crippen molar-refractivity contribution in [2.45, 2.75) is 33.1 Å². The standard InChI is InChI=1S/C13H18O2/c1-4-12(14)15-8-9-5-6-10-7-11(9)13(10,2)3/h1,9-11H,5-8H2,2-3H3/t9-,10-,11-/m1/s1. The molecule has 3 fully saturated rings. The summed E-state index contributed by atoms with van der Waals surface area (Å²) in [5.41, 5.74) is 0.450. The van der Waals surface area contributed by atoms with Crippen molar-refractivity contribution in [1.29, 1.82) is 0 Å². The van der Waals surface area contributed by atoms with Crippen molar-refractivity contribution in [3.8, 4) is 12.3 Å². The van der Waals surface area contributed by atoms with Crippen molar-refractivity contribution in [2.75, 3.05) is 6.61 Å². The molecule has 3 atom stereocenters. The summed E-state index contributed by atoms with van der Waals surface area (Å²) in [6, 6.07) is 0. The lowest BCUT2D eigenvalue weighted by Gasteiger charge is -2.59. The van der Waals surface area contributed by atoms with Crippen molar-refractivity contribution in [3.63, 3.8) is 0 Å². The number of ether oxygens (including phenoxy) is 1. The quantitative estimate of drug-likeness (QED) is 0.393. The van der Waals surface area contributed by atoms with E-state index in [4.69, 9.17) is 11.2 Å². The van der Waals surface area contributed by atoms with E-state index in [0.29, 0.717) is 17.9 Å². The van der Waals surface area contributed by atoms with Gasteiger partial charge in [0.05, 0.1) is 6.61 Å². The first-order valence-corrected chi connectivity index (χ1v) is 5.69. The van der Waals surface area contributed by atoms with Crippen LogP contribution >= 0.6 is 0 Å². The molecule has 0 aromatic heterocycles.